The molecule has 0 aliphatic carbocycles. The van der Waals surface area contributed by atoms with Crippen LogP contribution in [-0.4, -0.2) is 39.3 Å². The Hall–Kier alpha value is -3.25. The molecule has 2 aromatic carbocycles. The van der Waals surface area contributed by atoms with Gasteiger partial charge in [-0.2, -0.15) is 4.98 Å². The number of benzene rings is 2. The normalized spacial score (nSPS) is 17.0. The molecule has 1 aliphatic rings. The SMILES string of the molecule is Cc1ccc(-c2nc(N3CCCC(O)C3)c3oc(-c4ccccc4)nc3n2)cc1. The minimum absolute atomic E-state index is 0.367. The lowest BCUT2D eigenvalue weighted by atomic mass is 10.1. The second-order valence-electron chi connectivity index (χ2n) is 7.52. The third-order valence-corrected chi connectivity index (χ3v) is 5.26. The Bertz CT molecular complexity index is 1140. The van der Waals surface area contributed by atoms with E-state index in [-0.39, 0.29) is 6.10 Å². The highest BCUT2D eigenvalue weighted by Crippen LogP contribution is 2.32. The van der Waals surface area contributed by atoms with Gasteiger partial charge < -0.3 is 14.4 Å². The Balaban J connectivity index is 1.68. The van der Waals surface area contributed by atoms with Gasteiger partial charge in [-0.15, -0.1) is 0 Å². The van der Waals surface area contributed by atoms with Crippen LogP contribution in [0.2, 0.25) is 0 Å². The van der Waals surface area contributed by atoms with Crippen LogP contribution in [0.25, 0.3) is 34.1 Å². The van der Waals surface area contributed by atoms with Gasteiger partial charge in [0.05, 0.1) is 6.10 Å². The highest BCUT2D eigenvalue weighted by Gasteiger charge is 2.25. The second kappa shape index (κ2) is 7.29. The largest absolute Gasteiger partial charge is 0.430 e. The Morgan fingerprint density at radius 2 is 1.76 bits per heavy atom. The molecule has 6 heteroatoms. The monoisotopic (exact) mass is 386 g/mol. The van der Waals surface area contributed by atoms with E-state index in [0.29, 0.717) is 35.3 Å². The van der Waals surface area contributed by atoms with Gasteiger partial charge in [0.2, 0.25) is 17.1 Å². The molecule has 1 aliphatic heterocycles. The van der Waals surface area contributed by atoms with E-state index in [0.717, 1.165) is 30.5 Å². The van der Waals surface area contributed by atoms with E-state index in [9.17, 15) is 5.11 Å². The summed E-state index contributed by atoms with van der Waals surface area (Å²) in [6.45, 7) is 3.40. The van der Waals surface area contributed by atoms with Crippen molar-refractivity contribution in [1.82, 2.24) is 15.0 Å². The van der Waals surface area contributed by atoms with Crippen LogP contribution in [0.4, 0.5) is 5.82 Å². The Kier molecular flexibility index (Phi) is 4.48. The Morgan fingerprint density at radius 3 is 2.52 bits per heavy atom. The van der Waals surface area contributed by atoms with Gasteiger partial charge >= 0.3 is 0 Å². The lowest BCUT2D eigenvalue weighted by Gasteiger charge is -2.30. The summed E-state index contributed by atoms with van der Waals surface area (Å²) in [5.41, 5.74) is 4.10. The van der Waals surface area contributed by atoms with Crippen LogP contribution in [0, 0.1) is 6.92 Å². The van der Waals surface area contributed by atoms with Crippen LogP contribution in [0.15, 0.2) is 59.0 Å². The third-order valence-electron chi connectivity index (χ3n) is 5.26. The van der Waals surface area contributed by atoms with Crippen molar-refractivity contribution in [3.05, 3.63) is 60.2 Å². The van der Waals surface area contributed by atoms with Crippen molar-refractivity contribution in [1.29, 1.82) is 0 Å². The molecule has 1 saturated heterocycles. The van der Waals surface area contributed by atoms with Gasteiger partial charge in [-0.25, -0.2) is 9.97 Å². The number of oxazole rings is 1. The predicted molar refractivity (Wildman–Crippen MR) is 113 cm³/mol. The van der Waals surface area contributed by atoms with Crippen LogP contribution in [0.3, 0.4) is 0 Å². The maximum Gasteiger partial charge on any atom is 0.229 e. The highest BCUT2D eigenvalue weighted by atomic mass is 16.4. The molecule has 1 fully saturated rings. The number of rotatable bonds is 3. The number of hydrogen-bond donors (Lipinski definition) is 1. The molecule has 3 heterocycles. The number of aromatic nitrogens is 3. The molecule has 0 spiro atoms. The van der Waals surface area contributed by atoms with E-state index in [1.165, 1.54) is 5.56 Å². The molecular weight excluding hydrogens is 364 g/mol. The predicted octanol–water partition coefficient (Wildman–Crippen LogP) is 4.22. The molecule has 146 valence electrons. The number of piperidine rings is 1. The first-order valence-corrected chi connectivity index (χ1v) is 9.91. The molecule has 5 rings (SSSR count). The highest BCUT2D eigenvalue weighted by molar-refractivity contribution is 5.85. The maximum absolute atomic E-state index is 10.2. The fraction of sp³-hybridized carbons (Fsp3) is 0.261. The number of aliphatic hydroxyl groups is 1. The van der Waals surface area contributed by atoms with Crippen molar-refractivity contribution in [2.24, 2.45) is 0 Å². The zero-order valence-electron chi connectivity index (χ0n) is 16.2. The molecule has 0 amide bonds. The molecule has 0 saturated carbocycles. The summed E-state index contributed by atoms with van der Waals surface area (Å²) >= 11 is 0. The quantitative estimate of drug-likeness (QED) is 0.568. The number of nitrogens with zero attached hydrogens (tertiary/aromatic N) is 4. The number of hydrogen-bond acceptors (Lipinski definition) is 6. The van der Waals surface area contributed by atoms with E-state index in [1.807, 2.05) is 54.6 Å². The summed E-state index contributed by atoms with van der Waals surface area (Å²) in [5.74, 6) is 1.83. The van der Waals surface area contributed by atoms with Crippen molar-refractivity contribution >= 4 is 17.0 Å². The fourth-order valence-corrected chi connectivity index (χ4v) is 3.71. The Labute approximate surface area is 168 Å². The second-order valence-corrected chi connectivity index (χ2v) is 7.52. The zero-order chi connectivity index (χ0) is 19.8. The van der Waals surface area contributed by atoms with Crippen molar-refractivity contribution in [2.75, 3.05) is 18.0 Å². The first-order valence-electron chi connectivity index (χ1n) is 9.91. The van der Waals surface area contributed by atoms with Crippen molar-refractivity contribution in [2.45, 2.75) is 25.9 Å². The summed E-state index contributed by atoms with van der Waals surface area (Å²) in [5, 5.41) is 10.2. The number of aryl methyl sites for hydroxylation is 1. The molecule has 1 N–H and O–H groups in total. The van der Waals surface area contributed by atoms with Crippen molar-refractivity contribution in [3.63, 3.8) is 0 Å². The molecule has 0 radical (unpaired) electrons. The van der Waals surface area contributed by atoms with Gasteiger partial charge in [0.1, 0.15) is 0 Å². The summed E-state index contributed by atoms with van der Waals surface area (Å²) < 4.78 is 6.12. The Morgan fingerprint density at radius 1 is 0.966 bits per heavy atom. The first-order chi connectivity index (χ1) is 14.2. The van der Waals surface area contributed by atoms with E-state index in [1.54, 1.807) is 0 Å². The average Bonchev–Trinajstić information content (AvgIpc) is 3.18. The topological polar surface area (TPSA) is 75.3 Å². The zero-order valence-corrected chi connectivity index (χ0v) is 16.2. The number of aliphatic hydroxyl groups excluding tert-OH is 1. The van der Waals surface area contributed by atoms with Gasteiger partial charge in [-0.05, 0) is 31.9 Å². The molecule has 1 unspecified atom stereocenters. The summed E-state index contributed by atoms with van der Waals surface area (Å²) in [4.78, 5) is 16.3. The number of fused-ring (bicyclic) bond motifs is 1. The molecule has 4 aromatic rings. The number of β-amino-alcohol motifs (C(OH)–C–C–N with tert-alkyl or cyclic N) is 1. The van der Waals surface area contributed by atoms with E-state index in [4.69, 9.17) is 14.4 Å². The molecule has 29 heavy (non-hydrogen) atoms. The van der Waals surface area contributed by atoms with Crippen LogP contribution < -0.4 is 4.90 Å². The average molecular weight is 386 g/mol. The minimum Gasteiger partial charge on any atom is -0.430 e. The van der Waals surface area contributed by atoms with E-state index in [2.05, 4.69) is 16.8 Å². The number of anilines is 1. The van der Waals surface area contributed by atoms with Gasteiger partial charge in [0.15, 0.2) is 11.6 Å². The van der Waals surface area contributed by atoms with E-state index >= 15 is 0 Å². The molecule has 2 aromatic heterocycles. The van der Waals surface area contributed by atoms with Crippen LogP contribution in [-0.2, 0) is 0 Å². The summed E-state index contributed by atoms with van der Waals surface area (Å²) in [6.07, 6.45) is 1.35. The third kappa shape index (κ3) is 3.47. The van der Waals surface area contributed by atoms with Gasteiger partial charge in [0.25, 0.3) is 0 Å². The molecule has 1 atom stereocenters. The van der Waals surface area contributed by atoms with Crippen LogP contribution >= 0.6 is 0 Å². The fourth-order valence-electron chi connectivity index (χ4n) is 3.71. The lowest BCUT2D eigenvalue weighted by molar-refractivity contribution is 0.154. The van der Waals surface area contributed by atoms with Crippen LogP contribution in [0.1, 0.15) is 18.4 Å². The van der Waals surface area contributed by atoms with E-state index < -0.39 is 0 Å². The molecular formula is C23H22N4O2. The van der Waals surface area contributed by atoms with Crippen molar-refractivity contribution < 1.29 is 9.52 Å². The minimum atomic E-state index is -0.367. The van der Waals surface area contributed by atoms with Crippen molar-refractivity contribution in [3.8, 4) is 22.8 Å². The maximum atomic E-state index is 10.2. The summed E-state index contributed by atoms with van der Waals surface area (Å²) in [7, 11) is 0. The standard InChI is InChI=1S/C23H22N4O2/c1-15-9-11-16(12-10-15)20-24-21-19(22(25-20)27-13-5-8-18(28)14-27)29-23(26-21)17-6-3-2-4-7-17/h2-4,6-7,9-12,18,28H,5,8,13-14H2,1H3. The first kappa shape index (κ1) is 17.8. The van der Waals surface area contributed by atoms with Gasteiger partial charge in [-0.3, -0.25) is 0 Å². The van der Waals surface area contributed by atoms with Gasteiger partial charge in [-0.1, -0.05) is 48.0 Å². The lowest BCUT2D eigenvalue weighted by Crippen LogP contribution is -2.38. The van der Waals surface area contributed by atoms with Crippen LogP contribution in [0.5, 0.6) is 0 Å². The summed E-state index contributed by atoms with van der Waals surface area (Å²) in [6, 6.07) is 17.9. The van der Waals surface area contributed by atoms with Gasteiger partial charge in [0, 0.05) is 24.2 Å². The molecule has 6 nitrogen and oxygen atoms in total. The smallest absolute Gasteiger partial charge is 0.229 e. The molecule has 0 bridgehead atoms.